The van der Waals surface area contributed by atoms with Crippen molar-refractivity contribution in [3.63, 3.8) is 0 Å². The summed E-state index contributed by atoms with van der Waals surface area (Å²) in [6.07, 6.45) is -6.24. The molecule has 4 atom stereocenters. The summed E-state index contributed by atoms with van der Waals surface area (Å²) in [4.78, 5) is 0. The lowest BCUT2D eigenvalue weighted by Crippen LogP contribution is -2.48. The summed E-state index contributed by atoms with van der Waals surface area (Å²) in [5.74, 6) is -0.628. The summed E-state index contributed by atoms with van der Waals surface area (Å²) in [6.45, 7) is -0.716. The van der Waals surface area contributed by atoms with E-state index < -0.39 is 36.9 Å². The SMILES string of the molecule is OC[C@@H](O)[C@@H](O)[C@H](O)[C@@H](O)C(c1ccc(Br)cc1)c1ccc(Br)cc1. The Morgan fingerprint density at radius 3 is 1.40 bits per heavy atom. The van der Waals surface area contributed by atoms with Crippen molar-refractivity contribution in [1.82, 2.24) is 0 Å². The minimum Gasteiger partial charge on any atom is -0.394 e. The molecule has 0 saturated carbocycles. The highest BCUT2D eigenvalue weighted by atomic mass is 79.9. The smallest absolute Gasteiger partial charge is 0.111 e. The molecule has 5 N–H and O–H groups in total. The Kier molecular flexibility index (Phi) is 7.57. The van der Waals surface area contributed by atoms with Crippen LogP contribution in [0.4, 0.5) is 0 Å². The van der Waals surface area contributed by atoms with Gasteiger partial charge in [-0.05, 0) is 35.4 Å². The van der Waals surface area contributed by atoms with Crippen molar-refractivity contribution in [2.45, 2.75) is 30.3 Å². The van der Waals surface area contributed by atoms with E-state index in [2.05, 4.69) is 31.9 Å². The monoisotopic (exact) mass is 474 g/mol. The summed E-state index contributed by atoms with van der Waals surface area (Å²) in [7, 11) is 0. The lowest BCUT2D eigenvalue weighted by atomic mass is 9.82. The Balaban J connectivity index is 2.40. The van der Waals surface area contributed by atoms with Crippen LogP contribution < -0.4 is 0 Å². The largest absolute Gasteiger partial charge is 0.394 e. The lowest BCUT2D eigenvalue weighted by Gasteiger charge is -2.31. The fraction of sp³-hybridized carbons (Fsp3) is 0.333. The molecule has 2 aromatic rings. The number of aliphatic hydroxyl groups is 5. The summed E-state index contributed by atoms with van der Waals surface area (Å²) >= 11 is 6.72. The van der Waals surface area contributed by atoms with Crippen molar-refractivity contribution in [1.29, 1.82) is 0 Å². The van der Waals surface area contributed by atoms with Crippen LogP contribution in [0, 0.1) is 0 Å². The fourth-order valence-electron chi connectivity index (χ4n) is 2.66. The Hall–Kier alpha value is -0.800. The second-order valence-corrected chi connectivity index (χ2v) is 7.63. The van der Waals surface area contributed by atoms with Gasteiger partial charge < -0.3 is 25.5 Å². The van der Waals surface area contributed by atoms with Crippen molar-refractivity contribution in [3.8, 4) is 0 Å². The topological polar surface area (TPSA) is 101 Å². The first kappa shape index (κ1) is 20.5. The van der Waals surface area contributed by atoms with Gasteiger partial charge in [0.15, 0.2) is 0 Å². The molecule has 0 heterocycles. The molecular weight excluding hydrogens is 456 g/mol. The highest BCUT2D eigenvalue weighted by Crippen LogP contribution is 2.32. The molecule has 0 aromatic heterocycles. The predicted octanol–water partition coefficient (Wildman–Crippen LogP) is 1.78. The average Bonchev–Trinajstić information content (AvgIpc) is 2.63. The van der Waals surface area contributed by atoms with E-state index in [4.69, 9.17) is 5.11 Å². The van der Waals surface area contributed by atoms with Crippen LogP contribution in [-0.4, -0.2) is 56.6 Å². The molecule has 0 spiro atoms. The summed E-state index contributed by atoms with van der Waals surface area (Å²) in [6, 6.07) is 14.5. The zero-order valence-corrected chi connectivity index (χ0v) is 16.4. The zero-order valence-electron chi connectivity index (χ0n) is 13.2. The van der Waals surface area contributed by atoms with Gasteiger partial charge in [-0.3, -0.25) is 0 Å². The summed E-state index contributed by atoms with van der Waals surface area (Å²) in [5.41, 5.74) is 1.48. The van der Waals surface area contributed by atoms with Gasteiger partial charge in [-0.25, -0.2) is 0 Å². The van der Waals surface area contributed by atoms with E-state index in [1.54, 1.807) is 0 Å². The second-order valence-electron chi connectivity index (χ2n) is 5.80. The van der Waals surface area contributed by atoms with Crippen LogP contribution in [0.2, 0.25) is 0 Å². The van der Waals surface area contributed by atoms with E-state index in [9.17, 15) is 20.4 Å². The van der Waals surface area contributed by atoms with Gasteiger partial charge in [0.05, 0.1) is 12.7 Å². The number of hydrogen-bond acceptors (Lipinski definition) is 5. The Morgan fingerprint density at radius 2 is 1.04 bits per heavy atom. The second kappa shape index (κ2) is 9.23. The highest BCUT2D eigenvalue weighted by molar-refractivity contribution is 9.10. The summed E-state index contributed by atoms with van der Waals surface area (Å²) < 4.78 is 1.74. The van der Waals surface area contributed by atoms with Crippen LogP contribution in [-0.2, 0) is 0 Å². The number of rotatable bonds is 7. The van der Waals surface area contributed by atoms with Crippen molar-refractivity contribution < 1.29 is 25.5 Å². The highest BCUT2D eigenvalue weighted by Gasteiger charge is 2.36. The van der Waals surface area contributed by atoms with E-state index >= 15 is 0 Å². The molecule has 2 rings (SSSR count). The number of benzene rings is 2. The lowest BCUT2D eigenvalue weighted by molar-refractivity contribution is -0.117. The normalized spacial score (nSPS) is 16.5. The molecule has 0 aliphatic carbocycles. The number of hydrogen-bond donors (Lipinski definition) is 5. The Bertz CT molecular complexity index is 617. The minimum atomic E-state index is -1.67. The predicted molar refractivity (Wildman–Crippen MR) is 101 cm³/mol. The summed E-state index contributed by atoms with van der Waals surface area (Å²) in [5, 5.41) is 49.5. The zero-order chi connectivity index (χ0) is 18.6. The molecule has 7 heteroatoms. The fourth-order valence-corrected chi connectivity index (χ4v) is 3.19. The van der Waals surface area contributed by atoms with Crippen LogP contribution in [0.15, 0.2) is 57.5 Å². The standard InChI is InChI=1S/C18H20Br2O5/c19-12-5-1-10(2-6-12)15(11-3-7-13(20)8-4-11)17(24)18(25)16(23)14(22)9-21/h1-8,14-18,21-25H,9H2/t14-,16-,17+,18+/m1/s1. The first-order valence-electron chi connectivity index (χ1n) is 7.69. The van der Waals surface area contributed by atoms with E-state index in [1.165, 1.54) is 0 Å². The molecule has 136 valence electrons. The van der Waals surface area contributed by atoms with Gasteiger partial charge in [-0.2, -0.15) is 0 Å². The van der Waals surface area contributed by atoms with Gasteiger partial charge in [-0.1, -0.05) is 56.1 Å². The van der Waals surface area contributed by atoms with E-state index in [0.717, 1.165) is 20.1 Å². The Morgan fingerprint density at radius 1 is 0.640 bits per heavy atom. The number of halogens is 2. The van der Waals surface area contributed by atoms with Gasteiger partial charge in [0.2, 0.25) is 0 Å². The van der Waals surface area contributed by atoms with E-state index in [-0.39, 0.29) is 0 Å². The van der Waals surface area contributed by atoms with E-state index in [0.29, 0.717) is 0 Å². The molecule has 5 nitrogen and oxygen atoms in total. The third-order valence-corrected chi connectivity index (χ3v) is 5.14. The van der Waals surface area contributed by atoms with Crippen LogP contribution in [0.3, 0.4) is 0 Å². The molecule has 25 heavy (non-hydrogen) atoms. The van der Waals surface area contributed by atoms with Gasteiger partial charge in [0.1, 0.15) is 18.3 Å². The average molecular weight is 476 g/mol. The molecule has 0 saturated heterocycles. The van der Waals surface area contributed by atoms with Gasteiger partial charge in [-0.15, -0.1) is 0 Å². The third-order valence-electron chi connectivity index (χ3n) is 4.08. The molecule has 0 aliphatic heterocycles. The molecule has 2 aromatic carbocycles. The van der Waals surface area contributed by atoms with Crippen LogP contribution in [0.25, 0.3) is 0 Å². The van der Waals surface area contributed by atoms with Crippen LogP contribution in [0.1, 0.15) is 17.0 Å². The van der Waals surface area contributed by atoms with Gasteiger partial charge in [0, 0.05) is 14.9 Å². The van der Waals surface area contributed by atoms with Gasteiger partial charge in [0.25, 0.3) is 0 Å². The molecule has 0 unspecified atom stereocenters. The molecule has 0 amide bonds. The number of aliphatic hydroxyl groups excluding tert-OH is 5. The van der Waals surface area contributed by atoms with Crippen LogP contribution >= 0.6 is 31.9 Å². The van der Waals surface area contributed by atoms with Crippen molar-refractivity contribution in [2.75, 3.05) is 6.61 Å². The third kappa shape index (κ3) is 5.10. The molecular formula is C18H20Br2O5. The minimum absolute atomic E-state index is 0.628. The first-order valence-corrected chi connectivity index (χ1v) is 9.27. The van der Waals surface area contributed by atoms with E-state index in [1.807, 2.05) is 48.5 Å². The molecule has 0 bridgehead atoms. The molecule has 0 radical (unpaired) electrons. The maximum absolute atomic E-state index is 10.7. The maximum Gasteiger partial charge on any atom is 0.111 e. The van der Waals surface area contributed by atoms with Crippen molar-refractivity contribution >= 4 is 31.9 Å². The first-order chi connectivity index (χ1) is 11.8. The quantitative estimate of drug-likeness (QED) is 0.420. The molecule has 0 aliphatic rings. The van der Waals surface area contributed by atoms with Crippen molar-refractivity contribution in [2.24, 2.45) is 0 Å². The van der Waals surface area contributed by atoms with Crippen LogP contribution in [0.5, 0.6) is 0 Å². The Labute approximate surface area is 162 Å². The van der Waals surface area contributed by atoms with Crippen molar-refractivity contribution in [3.05, 3.63) is 68.6 Å². The van der Waals surface area contributed by atoms with Gasteiger partial charge >= 0.3 is 0 Å². The molecule has 0 fully saturated rings. The maximum atomic E-state index is 10.7.